The standard InChI is InChI=1S/C16H20N2O2/c1-11-6-8-18(9-7-11)16(20)13-10-15(19)17-14-5-3-2-4-12(13)14/h2-5,11,13H,6-10H2,1H3,(H,17,19). The maximum absolute atomic E-state index is 12.7. The van der Waals surface area contributed by atoms with Gasteiger partial charge in [0.2, 0.25) is 11.8 Å². The van der Waals surface area contributed by atoms with Crippen molar-refractivity contribution in [3.05, 3.63) is 29.8 Å². The molecule has 1 aromatic rings. The second kappa shape index (κ2) is 5.27. The average Bonchev–Trinajstić information content (AvgIpc) is 2.46. The summed E-state index contributed by atoms with van der Waals surface area (Å²) in [4.78, 5) is 26.4. The van der Waals surface area contributed by atoms with E-state index in [2.05, 4.69) is 12.2 Å². The molecule has 4 nitrogen and oxygen atoms in total. The second-order valence-electron chi connectivity index (χ2n) is 5.90. The van der Waals surface area contributed by atoms with Gasteiger partial charge in [0, 0.05) is 25.2 Å². The fraction of sp³-hybridized carbons (Fsp3) is 0.500. The second-order valence-corrected chi connectivity index (χ2v) is 5.90. The molecule has 20 heavy (non-hydrogen) atoms. The molecule has 1 atom stereocenters. The van der Waals surface area contributed by atoms with Crippen LogP contribution in [-0.4, -0.2) is 29.8 Å². The number of carbonyl (C=O) groups is 2. The topological polar surface area (TPSA) is 49.4 Å². The third-order valence-electron chi connectivity index (χ3n) is 4.39. The Balaban J connectivity index is 1.83. The molecule has 0 radical (unpaired) electrons. The summed E-state index contributed by atoms with van der Waals surface area (Å²) in [6.07, 6.45) is 2.39. The Bertz CT molecular complexity index is 533. The van der Waals surface area contributed by atoms with Crippen molar-refractivity contribution in [1.29, 1.82) is 0 Å². The summed E-state index contributed by atoms with van der Waals surface area (Å²) in [6, 6.07) is 7.62. The van der Waals surface area contributed by atoms with E-state index in [0.29, 0.717) is 5.92 Å². The minimum atomic E-state index is -0.312. The molecule has 1 fully saturated rings. The van der Waals surface area contributed by atoms with Crippen molar-refractivity contribution >= 4 is 17.5 Å². The van der Waals surface area contributed by atoms with E-state index in [9.17, 15) is 9.59 Å². The quantitative estimate of drug-likeness (QED) is 0.853. The lowest BCUT2D eigenvalue weighted by Gasteiger charge is -2.34. The molecular formula is C16H20N2O2. The van der Waals surface area contributed by atoms with Crippen LogP contribution in [0.1, 0.15) is 37.7 Å². The van der Waals surface area contributed by atoms with Crippen LogP contribution in [0.5, 0.6) is 0 Å². The van der Waals surface area contributed by atoms with Crippen LogP contribution in [0.2, 0.25) is 0 Å². The zero-order valence-electron chi connectivity index (χ0n) is 11.8. The Kier molecular flexibility index (Phi) is 3.47. The minimum absolute atomic E-state index is 0.0626. The Morgan fingerprint density at radius 3 is 2.70 bits per heavy atom. The molecule has 0 aromatic heterocycles. The molecule has 0 saturated carbocycles. The van der Waals surface area contributed by atoms with Crippen molar-refractivity contribution in [2.24, 2.45) is 5.92 Å². The summed E-state index contributed by atoms with van der Waals surface area (Å²) in [6.45, 7) is 3.87. The van der Waals surface area contributed by atoms with E-state index in [1.165, 1.54) is 0 Å². The molecule has 4 heteroatoms. The first-order chi connectivity index (χ1) is 9.65. The number of likely N-dealkylation sites (tertiary alicyclic amines) is 1. The summed E-state index contributed by atoms with van der Waals surface area (Å²) in [7, 11) is 0. The average molecular weight is 272 g/mol. The van der Waals surface area contributed by atoms with E-state index in [0.717, 1.165) is 37.2 Å². The third-order valence-corrected chi connectivity index (χ3v) is 4.39. The minimum Gasteiger partial charge on any atom is -0.342 e. The van der Waals surface area contributed by atoms with Gasteiger partial charge in [0.15, 0.2) is 0 Å². The molecule has 2 heterocycles. The molecule has 3 rings (SSSR count). The molecule has 1 aromatic carbocycles. The molecule has 1 saturated heterocycles. The molecule has 0 aliphatic carbocycles. The predicted molar refractivity (Wildman–Crippen MR) is 77.4 cm³/mol. The van der Waals surface area contributed by atoms with Gasteiger partial charge in [-0.25, -0.2) is 0 Å². The van der Waals surface area contributed by atoms with E-state index < -0.39 is 0 Å². The summed E-state index contributed by atoms with van der Waals surface area (Å²) in [5.74, 6) is 0.431. The molecule has 0 bridgehead atoms. The van der Waals surface area contributed by atoms with Crippen molar-refractivity contribution < 1.29 is 9.59 Å². The van der Waals surface area contributed by atoms with Crippen LogP contribution >= 0.6 is 0 Å². The Hall–Kier alpha value is -1.84. The van der Waals surface area contributed by atoms with Gasteiger partial charge in [0.25, 0.3) is 0 Å². The van der Waals surface area contributed by atoms with Crippen LogP contribution in [0.3, 0.4) is 0 Å². The van der Waals surface area contributed by atoms with Crippen molar-refractivity contribution in [2.75, 3.05) is 18.4 Å². The van der Waals surface area contributed by atoms with E-state index in [4.69, 9.17) is 0 Å². The van der Waals surface area contributed by atoms with E-state index >= 15 is 0 Å². The lowest BCUT2D eigenvalue weighted by Crippen LogP contribution is -2.42. The van der Waals surface area contributed by atoms with Gasteiger partial charge in [-0.2, -0.15) is 0 Å². The number of carbonyl (C=O) groups excluding carboxylic acids is 2. The monoisotopic (exact) mass is 272 g/mol. The number of rotatable bonds is 1. The van der Waals surface area contributed by atoms with Crippen LogP contribution in [0.25, 0.3) is 0 Å². The highest BCUT2D eigenvalue weighted by atomic mass is 16.2. The highest BCUT2D eigenvalue weighted by Gasteiger charge is 2.34. The van der Waals surface area contributed by atoms with E-state index in [1.807, 2.05) is 29.2 Å². The summed E-state index contributed by atoms with van der Waals surface area (Å²) in [5.41, 5.74) is 1.74. The number of para-hydroxylation sites is 1. The normalized spacial score (nSPS) is 23.1. The van der Waals surface area contributed by atoms with E-state index in [1.54, 1.807) is 0 Å². The van der Waals surface area contributed by atoms with Crippen LogP contribution < -0.4 is 5.32 Å². The van der Waals surface area contributed by atoms with Crippen LogP contribution in [0, 0.1) is 5.92 Å². The number of nitrogens with one attached hydrogen (secondary N) is 1. The smallest absolute Gasteiger partial charge is 0.230 e. The van der Waals surface area contributed by atoms with Gasteiger partial charge in [-0.1, -0.05) is 25.1 Å². The molecule has 2 amide bonds. The highest BCUT2D eigenvalue weighted by molar-refractivity contribution is 6.01. The maximum Gasteiger partial charge on any atom is 0.230 e. The molecule has 106 valence electrons. The largest absolute Gasteiger partial charge is 0.342 e. The molecule has 1 N–H and O–H groups in total. The first-order valence-corrected chi connectivity index (χ1v) is 7.32. The molecule has 2 aliphatic rings. The maximum atomic E-state index is 12.7. The molecule has 1 unspecified atom stereocenters. The van der Waals surface area contributed by atoms with Gasteiger partial charge in [-0.3, -0.25) is 9.59 Å². The third kappa shape index (κ3) is 2.42. The zero-order chi connectivity index (χ0) is 14.1. The SMILES string of the molecule is CC1CCN(C(=O)C2CC(=O)Nc3ccccc32)CC1. The number of amides is 2. The van der Waals surface area contributed by atoms with Crippen molar-refractivity contribution in [3.63, 3.8) is 0 Å². The van der Waals surface area contributed by atoms with Crippen molar-refractivity contribution in [2.45, 2.75) is 32.1 Å². The van der Waals surface area contributed by atoms with Gasteiger partial charge in [-0.15, -0.1) is 0 Å². The number of hydrogen-bond acceptors (Lipinski definition) is 2. The molecule has 0 spiro atoms. The van der Waals surface area contributed by atoms with Crippen LogP contribution in [0.15, 0.2) is 24.3 Å². The van der Waals surface area contributed by atoms with Gasteiger partial charge >= 0.3 is 0 Å². The Morgan fingerprint density at radius 2 is 1.95 bits per heavy atom. The Labute approximate surface area is 119 Å². The summed E-state index contributed by atoms with van der Waals surface area (Å²) < 4.78 is 0. The number of nitrogens with zero attached hydrogens (tertiary/aromatic N) is 1. The highest BCUT2D eigenvalue weighted by Crippen LogP contribution is 2.34. The fourth-order valence-corrected chi connectivity index (χ4v) is 3.08. The van der Waals surface area contributed by atoms with Gasteiger partial charge < -0.3 is 10.2 Å². The lowest BCUT2D eigenvalue weighted by atomic mass is 9.88. The van der Waals surface area contributed by atoms with Crippen molar-refractivity contribution in [3.8, 4) is 0 Å². The van der Waals surface area contributed by atoms with Gasteiger partial charge in [-0.05, 0) is 30.4 Å². The van der Waals surface area contributed by atoms with Gasteiger partial charge in [0.1, 0.15) is 0 Å². The zero-order valence-corrected chi connectivity index (χ0v) is 11.8. The number of fused-ring (bicyclic) bond motifs is 1. The Morgan fingerprint density at radius 1 is 1.25 bits per heavy atom. The van der Waals surface area contributed by atoms with Crippen molar-refractivity contribution in [1.82, 2.24) is 4.90 Å². The van der Waals surface area contributed by atoms with Gasteiger partial charge in [0.05, 0.1) is 5.92 Å². The van der Waals surface area contributed by atoms with E-state index in [-0.39, 0.29) is 24.2 Å². The van der Waals surface area contributed by atoms with Crippen LogP contribution in [-0.2, 0) is 9.59 Å². The number of hydrogen-bond donors (Lipinski definition) is 1. The lowest BCUT2D eigenvalue weighted by molar-refractivity contribution is -0.136. The first-order valence-electron chi connectivity index (χ1n) is 7.32. The molecular weight excluding hydrogens is 252 g/mol. The first kappa shape index (κ1) is 13.2. The summed E-state index contributed by atoms with van der Waals surface area (Å²) in [5, 5.41) is 2.85. The van der Waals surface area contributed by atoms with Crippen LogP contribution in [0.4, 0.5) is 5.69 Å². The predicted octanol–water partition coefficient (Wildman–Crippen LogP) is 2.37. The fourth-order valence-electron chi connectivity index (χ4n) is 3.08. The summed E-state index contributed by atoms with van der Waals surface area (Å²) >= 11 is 0. The molecule has 2 aliphatic heterocycles. The number of benzene rings is 1. The number of piperidine rings is 1. The number of anilines is 1.